The second-order valence-corrected chi connectivity index (χ2v) is 6.58. The van der Waals surface area contributed by atoms with Crippen molar-refractivity contribution in [3.05, 3.63) is 29.8 Å². The van der Waals surface area contributed by atoms with Gasteiger partial charge in [-0.1, -0.05) is 19.1 Å². The minimum absolute atomic E-state index is 0.0101. The minimum atomic E-state index is -0.0245. The van der Waals surface area contributed by atoms with E-state index in [-0.39, 0.29) is 24.3 Å². The molecule has 0 radical (unpaired) electrons. The molecule has 1 aromatic rings. The van der Waals surface area contributed by atoms with Gasteiger partial charge >= 0.3 is 0 Å². The van der Waals surface area contributed by atoms with E-state index >= 15 is 0 Å². The fourth-order valence-electron chi connectivity index (χ4n) is 3.02. The number of methoxy groups -OCH3 is 1. The highest BCUT2D eigenvalue weighted by Crippen LogP contribution is 2.18. The molecule has 1 N–H and O–H groups in total. The molecule has 1 aliphatic heterocycles. The van der Waals surface area contributed by atoms with Crippen molar-refractivity contribution >= 4 is 11.8 Å². The molecule has 1 aliphatic rings. The van der Waals surface area contributed by atoms with Gasteiger partial charge in [-0.2, -0.15) is 0 Å². The SMILES string of the molecule is CCc1ccc(OCC(=O)N2CCC(C(=O)NCCCOC)CC2)cc1. The molecule has 6 nitrogen and oxygen atoms in total. The summed E-state index contributed by atoms with van der Waals surface area (Å²) in [5, 5.41) is 2.94. The molecule has 2 amide bonds. The predicted octanol–water partition coefficient (Wildman–Crippen LogP) is 2.02. The van der Waals surface area contributed by atoms with Gasteiger partial charge in [-0.3, -0.25) is 9.59 Å². The number of nitrogens with zero attached hydrogens (tertiary/aromatic N) is 1. The van der Waals surface area contributed by atoms with Crippen molar-refractivity contribution in [2.24, 2.45) is 5.92 Å². The van der Waals surface area contributed by atoms with Crippen molar-refractivity contribution in [3.8, 4) is 5.75 Å². The lowest BCUT2D eigenvalue weighted by atomic mass is 9.96. The van der Waals surface area contributed by atoms with Gasteiger partial charge < -0.3 is 19.7 Å². The smallest absolute Gasteiger partial charge is 0.260 e. The summed E-state index contributed by atoms with van der Waals surface area (Å²) in [6.45, 7) is 4.63. The number of piperidine rings is 1. The first-order valence-electron chi connectivity index (χ1n) is 9.40. The van der Waals surface area contributed by atoms with Crippen molar-refractivity contribution < 1.29 is 19.1 Å². The van der Waals surface area contributed by atoms with E-state index < -0.39 is 0 Å². The molecule has 0 aromatic heterocycles. The lowest BCUT2D eigenvalue weighted by Crippen LogP contribution is -2.44. The van der Waals surface area contributed by atoms with E-state index in [1.165, 1.54) is 5.56 Å². The van der Waals surface area contributed by atoms with Crippen LogP contribution in [0.1, 0.15) is 31.7 Å². The number of aryl methyl sites for hydroxylation is 1. The number of hydrogen-bond acceptors (Lipinski definition) is 4. The standard InChI is InChI=1S/C20H30N2O4/c1-3-16-5-7-18(8-6-16)26-15-19(23)22-12-9-17(10-13-22)20(24)21-11-4-14-25-2/h5-8,17H,3-4,9-15H2,1-2H3,(H,21,24). The Bertz CT molecular complexity index is 566. The fourth-order valence-corrected chi connectivity index (χ4v) is 3.02. The maximum Gasteiger partial charge on any atom is 0.260 e. The number of amides is 2. The topological polar surface area (TPSA) is 67.9 Å². The minimum Gasteiger partial charge on any atom is -0.484 e. The van der Waals surface area contributed by atoms with Crippen molar-refractivity contribution in [1.82, 2.24) is 10.2 Å². The Labute approximate surface area is 155 Å². The summed E-state index contributed by atoms with van der Waals surface area (Å²) in [4.78, 5) is 26.2. The first kappa shape index (κ1) is 20.2. The molecule has 1 heterocycles. The predicted molar refractivity (Wildman–Crippen MR) is 100 cm³/mol. The van der Waals surface area contributed by atoms with Gasteiger partial charge in [0.05, 0.1) is 0 Å². The van der Waals surface area contributed by atoms with E-state index in [2.05, 4.69) is 12.2 Å². The van der Waals surface area contributed by atoms with Crippen molar-refractivity contribution in [3.63, 3.8) is 0 Å². The molecule has 1 fully saturated rings. The van der Waals surface area contributed by atoms with Crippen LogP contribution in [0.25, 0.3) is 0 Å². The van der Waals surface area contributed by atoms with Gasteiger partial charge in [0.25, 0.3) is 5.91 Å². The Morgan fingerprint density at radius 1 is 1.19 bits per heavy atom. The van der Waals surface area contributed by atoms with Crippen LogP contribution in [-0.2, 0) is 20.7 Å². The van der Waals surface area contributed by atoms with Crippen LogP contribution in [0.5, 0.6) is 5.75 Å². The van der Waals surface area contributed by atoms with Gasteiger partial charge in [0.1, 0.15) is 5.75 Å². The zero-order valence-corrected chi connectivity index (χ0v) is 15.8. The Hall–Kier alpha value is -2.08. The number of likely N-dealkylation sites (tertiary alicyclic amines) is 1. The molecule has 1 saturated heterocycles. The van der Waals surface area contributed by atoms with E-state index in [4.69, 9.17) is 9.47 Å². The van der Waals surface area contributed by atoms with Crippen LogP contribution in [0.3, 0.4) is 0 Å². The molecule has 0 atom stereocenters. The number of benzene rings is 1. The number of carbonyl (C=O) groups excluding carboxylic acids is 2. The maximum absolute atomic E-state index is 12.3. The third kappa shape index (κ3) is 6.33. The Balaban J connectivity index is 1.67. The highest BCUT2D eigenvalue weighted by Gasteiger charge is 2.27. The largest absolute Gasteiger partial charge is 0.484 e. The second kappa shape index (κ2) is 10.8. The molecule has 6 heteroatoms. The lowest BCUT2D eigenvalue weighted by Gasteiger charge is -2.31. The van der Waals surface area contributed by atoms with Gasteiger partial charge in [-0.15, -0.1) is 0 Å². The van der Waals surface area contributed by atoms with Crippen LogP contribution < -0.4 is 10.1 Å². The molecule has 2 rings (SSSR count). The average molecular weight is 362 g/mol. The molecule has 0 spiro atoms. The summed E-state index contributed by atoms with van der Waals surface area (Å²) >= 11 is 0. The zero-order valence-electron chi connectivity index (χ0n) is 15.8. The molecule has 0 saturated carbocycles. The molecule has 144 valence electrons. The third-order valence-electron chi connectivity index (χ3n) is 4.74. The van der Waals surface area contributed by atoms with Gasteiger partial charge in [-0.05, 0) is 43.4 Å². The second-order valence-electron chi connectivity index (χ2n) is 6.58. The third-order valence-corrected chi connectivity index (χ3v) is 4.74. The van der Waals surface area contributed by atoms with Crippen LogP contribution in [0, 0.1) is 5.92 Å². The zero-order chi connectivity index (χ0) is 18.8. The van der Waals surface area contributed by atoms with Gasteiger partial charge in [-0.25, -0.2) is 0 Å². The van der Waals surface area contributed by atoms with Crippen molar-refractivity contribution in [2.45, 2.75) is 32.6 Å². The summed E-state index contributed by atoms with van der Waals surface area (Å²) in [5.74, 6) is 0.758. The first-order valence-corrected chi connectivity index (χ1v) is 9.40. The molecule has 0 unspecified atom stereocenters. The number of rotatable bonds is 9. The number of nitrogens with one attached hydrogen (secondary N) is 1. The number of carbonyl (C=O) groups is 2. The van der Waals surface area contributed by atoms with E-state index in [0.717, 1.165) is 12.8 Å². The van der Waals surface area contributed by atoms with Gasteiger partial charge in [0, 0.05) is 39.3 Å². The van der Waals surface area contributed by atoms with Crippen molar-refractivity contribution in [1.29, 1.82) is 0 Å². The maximum atomic E-state index is 12.3. The van der Waals surface area contributed by atoms with E-state index in [1.807, 2.05) is 24.3 Å². The fraction of sp³-hybridized carbons (Fsp3) is 0.600. The summed E-state index contributed by atoms with van der Waals surface area (Å²) in [5.41, 5.74) is 1.24. The Morgan fingerprint density at radius 2 is 1.88 bits per heavy atom. The molecule has 26 heavy (non-hydrogen) atoms. The summed E-state index contributed by atoms with van der Waals surface area (Å²) in [7, 11) is 1.65. The Morgan fingerprint density at radius 3 is 2.50 bits per heavy atom. The highest BCUT2D eigenvalue weighted by molar-refractivity contribution is 5.80. The summed E-state index contributed by atoms with van der Waals surface area (Å²) in [6.07, 6.45) is 3.20. The van der Waals surface area contributed by atoms with Crippen molar-refractivity contribution in [2.75, 3.05) is 40.0 Å². The molecular weight excluding hydrogens is 332 g/mol. The van der Waals surface area contributed by atoms with Gasteiger partial charge in [0.15, 0.2) is 6.61 Å². The normalized spacial score (nSPS) is 14.9. The number of hydrogen-bond donors (Lipinski definition) is 1. The van der Waals surface area contributed by atoms with Crippen LogP contribution in [0.15, 0.2) is 24.3 Å². The quantitative estimate of drug-likeness (QED) is 0.683. The molecule has 0 bridgehead atoms. The highest BCUT2D eigenvalue weighted by atomic mass is 16.5. The summed E-state index contributed by atoms with van der Waals surface area (Å²) < 4.78 is 10.6. The van der Waals surface area contributed by atoms with Crippen LogP contribution in [-0.4, -0.2) is 56.7 Å². The van der Waals surface area contributed by atoms with E-state index in [1.54, 1.807) is 12.0 Å². The van der Waals surface area contributed by atoms with E-state index in [9.17, 15) is 9.59 Å². The van der Waals surface area contributed by atoms with Crippen LogP contribution >= 0.6 is 0 Å². The Kier molecular flexibility index (Phi) is 8.41. The molecule has 0 aliphatic carbocycles. The lowest BCUT2D eigenvalue weighted by molar-refractivity contribution is -0.137. The van der Waals surface area contributed by atoms with Crippen LogP contribution in [0.2, 0.25) is 0 Å². The van der Waals surface area contributed by atoms with Crippen LogP contribution in [0.4, 0.5) is 0 Å². The molecule has 1 aromatic carbocycles. The van der Waals surface area contributed by atoms with E-state index in [0.29, 0.717) is 44.8 Å². The van der Waals surface area contributed by atoms with Gasteiger partial charge in [0.2, 0.25) is 5.91 Å². The summed E-state index contributed by atoms with van der Waals surface area (Å²) in [6, 6.07) is 7.81. The monoisotopic (exact) mass is 362 g/mol. The number of ether oxygens (including phenoxy) is 2. The molecular formula is C20H30N2O4. The average Bonchev–Trinajstić information content (AvgIpc) is 2.69. The first-order chi connectivity index (χ1) is 12.6.